The molecule has 1 aromatic heterocycles. The minimum Gasteiger partial charge on any atom is -0.312 e. The van der Waals surface area contributed by atoms with Crippen LogP contribution >= 0.6 is 11.3 Å². The molecule has 2 heteroatoms. The van der Waals surface area contributed by atoms with Gasteiger partial charge in [-0.05, 0) is 30.7 Å². The second-order valence-electron chi connectivity index (χ2n) is 5.58. The lowest BCUT2D eigenvalue weighted by molar-refractivity contribution is 0.573. The Morgan fingerprint density at radius 2 is 1.62 bits per heavy atom. The summed E-state index contributed by atoms with van der Waals surface area (Å²) in [5.74, 6) is 0. The van der Waals surface area contributed by atoms with Crippen LogP contribution in [0.4, 0.5) is 0 Å². The Bertz CT molecular complexity index is 489. The molecule has 21 heavy (non-hydrogen) atoms. The molecule has 0 saturated heterocycles. The van der Waals surface area contributed by atoms with Crippen molar-refractivity contribution in [3.8, 4) is 10.4 Å². The van der Waals surface area contributed by atoms with Crippen LogP contribution in [-0.2, 0) is 6.54 Å². The van der Waals surface area contributed by atoms with Crippen molar-refractivity contribution in [2.45, 2.75) is 52.0 Å². The summed E-state index contributed by atoms with van der Waals surface area (Å²) in [6.45, 7) is 4.42. The molecular weight excluding hydrogens is 274 g/mol. The second-order valence-corrected chi connectivity index (χ2v) is 6.74. The second kappa shape index (κ2) is 9.75. The van der Waals surface area contributed by atoms with E-state index >= 15 is 0 Å². The first-order chi connectivity index (χ1) is 10.4. The van der Waals surface area contributed by atoms with Crippen molar-refractivity contribution in [1.82, 2.24) is 5.32 Å². The molecule has 0 bridgehead atoms. The van der Waals surface area contributed by atoms with Gasteiger partial charge in [-0.15, -0.1) is 11.3 Å². The summed E-state index contributed by atoms with van der Waals surface area (Å²) < 4.78 is 0. The largest absolute Gasteiger partial charge is 0.312 e. The maximum absolute atomic E-state index is 3.57. The molecule has 0 saturated carbocycles. The first-order valence-corrected chi connectivity index (χ1v) is 9.06. The molecule has 114 valence electrons. The molecule has 2 aromatic rings. The van der Waals surface area contributed by atoms with E-state index < -0.39 is 0 Å². The smallest absolute Gasteiger partial charge is 0.0346 e. The lowest BCUT2D eigenvalue weighted by Gasteiger charge is -2.03. The molecule has 1 heterocycles. The van der Waals surface area contributed by atoms with Crippen molar-refractivity contribution >= 4 is 11.3 Å². The lowest BCUT2D eigenvalue weighted by atomic mass is 10.1. The number of nitrogens with one attached hydrogen (secondary N) is 1. The van der Waals surface area contributed by atoms with Crippen LogP contribution in [0.5, 0.6) is 0 Å². The predicted molar refractivity (Wildman–Crippen MR) is 94.8 cm³/mol. The Morgan fingerprint density at radius 3 is 2.43 bits per heavy atom. The molecular formula is C19H27NS. The normalized spacial score (nSPS) is 10.9. The fourth-order valence-electron chi connectivity index (χ4n) is 2.47. The molecule has 0 amide bonds. The molecule has 1 nitrogen and oxygen atoms in total. The maximum Gasteiger partial charge on any atom is 0.0346 e. The average Bonchev–Trinajstić information content (AvgIpc) is 3.00. The van der Waals surface area contributed by atoms with E-state index in [1.807, 2.05) is 11.3 Å². The third-order valence-corrected chi connectivity index (χ3v) is 4.86. The van der Waals surface area contributed by atoms with Crippen LogP contribution < -0.4 is 5.32 Å². The average molecular weight is 301 g/mol. The Kier molecular flexibility index (Phi) is 7.55. The number of hydrogen-bond donors (Lipinski definition) is 1. The Balaban J connectivity index is 1.63. The van der Waals surface area contributed by atoms with E-state index in [0.717, 1.165) is 13.1 Å². The monoisotopic (exact) mass is 301 g/mol. The molecule has 0 aliphatic heterocycles. The third kappa shape index (κ3) is 6.03. The standard InChI is InChI=1S/C19H27NS/c1-2-3-4-5-6-10-15-20-16-18-13-14-19(21-18)17-11-8-7-9-12-17/h7-9,11-14,20H,2-6,10,15-16H2,1H3. The number of rotatable bonds is 10. The molecule has 0 unspecified atom stereocenters. The SMILES string of the molecule is CCCCCCCCNCc1ccc(-c2ccccc2)s1. The summed E-state index contributed by atoms with van der Waals surface area (Å²) in [6, 6.07) is 15.1. The van der Waals surface area contributed by atoms with Crippen molar-refractivity contribution in [2.24, 2.45) is 0 Å². The molecule has 2 rings (SSSR count). The molecule has 1 aromatic carbocycles. The van der Waals surface area contributed by atoms with E-state index in [0.29, 0.717) is 0 Å². The highest BCUT2D eigenvalue weighted by atomic mass is 32.1. The van der Waals surface area contributed by atoms with Gasteiger partial charge in [0.2, 0.25) is 0 Å². The zero-order valence-electron chi connectivity index (χ0n) is 13.1. The van der Waals surface area contributed by atoms with E-state index in [1.54, 1.807) is 0 Å². The third-order valence-electron chi connectivity index (χ3n) is 3.73. The maximum atomic E-state index is 3.57. The van der Waals surface area contributed by atoms with Gasteiger partial charge in [-0.25, -0.2) is 0 Å². The summed E-state index contributed by atoms with van der Waals surface area (Å²) in [7, 11) is 0. The van der Waals surface area contributed by atoms with Gasteiger partial charge < -0.3 is 5.32 Å². The Morgan fingerprint density at radius 1 is 0.857 bits per heavy atom. The van der Waals surface area contributed by atoms with Crippen LogP contribution in [0, 0.1) is 0 Å². The van der Waals surface area contributed by atoms with Crippen molar-refractivity contribution in [3.63, 3.8) is 0 Å². The van der Waals surface area contributed by atoms with Crippen molar-refractivity contribution in [3.05, 3.63) is 47.3 Å². The topological polar surface area (TPSA) is 12.0 Å². The van der Waals surface area contributed by atoms with E-state index in [2.05, 4.69) is 54.7 Å². The molecule has 0 spiro atoms. The van der Waals surface area contributed by atoms with Gasteiger partial charge in [0.05, 0.1) is 0 Å². The summed E-state index contributed by atoms with van der Waals surface area (Å²) >= 11 is 1.90. The van der Waals surface area contributed by atoms with Gasteiger partial charge >= 0.3 is 0 Å². The molecule has 0 radical (unpaired) electrons. The minimum absolute atomic E-state index is 1.01. The van der Waals surface area contributed by atoms with Gasteiger partial charge in [0, 0.05) is 16.3 Å². The van der Waals surface area contributed by atoms with Crippen LogP contribution in [0.15, 0.2) is 42.5 Å². The van der Waals surface area contributed by atoms with Crippen molar-refractivity contribution < 1.29 is 0 Å². The Labute approximate surface area is 133 Å². The number of thiophene rings is 1. The number of hydrogen-bond acceptors (Lipinski definition) is 2. The zero-order chi connectivity index (χ0) is 14.8. The number of benzene rings is 1. The van der Waals surface area contributed by atoms with Crippen molar-refractivity contribution in [2.75, 3.05) is 6.54 Å². The first-order valence-electron chi connectivity index (χ1n) is 8.25. The van der Waals surface area contributed by atoms with E-state index in [9.17, 15) is 0 Å². The predicted octanol–water partition coefficient (Wildman–Crippen LogP) is 5.87. The van der Waals surface area contributed by atoms with Gasteiger partial charge in [-0.3, -0.25) is 0 Å². The number of unbranched alkanes of at least 4 members (excludes halogenated alkanes) is 5. The van der Waals surface area contributed by atoms with E-state index in [-0.39, 0.29) is 0 Å². The highest BCUT2D eigenvalue weighted by Crippen LogP contribution is 2.27. The summed E-state index contributed by atoms with van der Waals surface area (Å²) in [5.41, 5.74) is 1.32. The fraction of sp³-hybridized carbons (Fsp3) is 0.474. The summed E-state index contributed by atoms with van der Waals surface area (Å²) in [6.07, 6.45) is 8.20. The van der Waals surface area contributed by atoms with Gasteiger partial charge in [0.15, 0.2) is 0 Å². The van der Waals surface area contributed by atoms with Crippen molar-refractivity contribution in [1.29, 1.82) is 0 Å². The molecule has 0 fully saturated rings. The van der Waals surface area contributed by atoms with Crippen LogP contribution in [0.3, 0.4) is 0 Å². The van der Waals surface area contributed by atoms with E-state index in [1.165, 1.54) is 53.8 Å². The first kappa shape index (κ1) is 16.3. The zero-order valence-corrected chi connectivity index (χ0v) is 13.9. The highest BCUT2D eigenvalue weighted by Gasteiger charge is 2.01. The summed E-state index contributed by atoms with van der Waals surface area (Å²) in [4.78, 5) is 2.80. The molecule has 0 aliphatic rings. The minimum atomic E-state index is 1.01. The van der Waals surface area contributed by atoms with Gasteiger partial charge in [0.1, 0.15) is 0 Å². The Hall–Kier alpha value is -1.12. The lowest BCUT2D eigenvalue weighted by Crippen LogP contribution is -2.13. The van der Waals surface area contributed by atoms with Crippen LogP contribution in [0.25, 0.3) is 10.4 Å². The molecule has 0 atom stereocenters. The van der Waals surface area contributed by atoms with Gasteiger partial charge in [-0.1, -0.05) is 69.4 Å². The van der Waals surface area contributed by atoms with Gasteiger partial charge in [-0.2, -0.15) is 0 Å². The van der Waals surface area contributed by atoms with Crippen LogP contribution in [-0.4, -0.2) is 6.54 Å². The molecule has 1 N–H and O–H groups in total. The quantitative estimate of drug-likeness (QED) is 0.541. The molecule has 0 aliphatic carbocycles. The van der Waals surface area contributed by atoms with Gasteiger partial charge in [0.25, 0.3) is 0 Å². The highest BCUT2D eigenvalue weighted by molar-refractivity contribution is 7.15. The van der Waals surface area contributed by atoms with Crippen LogP contribution in [0.2, 0.25) is 0 Å². The summed E-state index contributed by atoms with van der Waals surface area (Å²) in [5, 5.41) is 3.57. The van der Waals surface area contributed by atoms with Crippen LogP contribution in [0.1, 0.15) is 50.3 Å². The fourth-order valence-corrected chi connectivity index (χ4v) is 3.46. The van der Waals surface area contributed by atoms with E-state index in [4.69, 9.17) is 0 Å².